The average molecular weight is 1230 g/mol. The van der Waals surface area contributed by atoms with Crippen LogP contribution in [0.5, 0.6) is 0 Å². The van der Waals surface area contributed by atoms with Gasteiger partial charge in [0.2, 0.25) is 29.5 Å². The molecule has 0 spiro atoms. The largest absolute Gasteiger partial charge is 0.481 e. The molecule has 2 aromatic rings. The molecule has 2 aliphatic rings. The van der Waals surface area contributed by atoms with Crippen LogP contribution in [0.15, 0.2) is 54.6 Å². The smallest absolute Gasteiger partial charge is 0.328 e. The number of aliphatic carboxylic acids is 1. The number of carbonyl (C=O) groups is 10. The topological polar surface area (TPSA) is 318 Å². The van der Waals surface area contributed by atoms with Gasteiger partial charge in [-0.1, -0.05) is 103 Å². The molecule has 5 amide bonds. The predicted molar refractivity (Wildman–Crippen MR) is 318 cm³/mol. The van der Waals surface area contributed by atoms with Gasteiger partial charge in [0.1, 0.15) is 35.9 Å². The zero-order valence-electron chi connectivity index (χ0n) is 50.9. The third kappa shape index (κ3) is 23.8. The van der Waals surface area contributed by atoms with Crippen molar-refractivity contribution in [1.82, 2.24) is 26.2 Å². The second-order valence-corrected chi connectivity index (χ2v) is 26.8. The number of hydrogen-bond acceptors (Lipinski definition) is 14. The van der Waals surface area contributed by atoms with Crippen LogP contribution in [0.3, 0.4) is 0 Å². The molecule has 1 saturated heterocycles. The van der Waals surface area contributed by atoms with E-state index in [1.165, 1.54) is 6.08 Å². The Labute approximate surface area is 505 Å². The summed E-state index contributed by atoms with van der Waals surface area (Å²) >= 11 is 6.42. The first-order chi connectivity index (χ1) is 39.5. The minimum Gasteiger partial charge on any atom is -0.481 e. The first kappa shape index (κ1) is 71.1. The van der Waals surface area contributed by atoms with Gasteiger partial charge in [-0.15, -0.1) is 0 Å². The number of carboxylic acid groups (broad SMARTS) is 1. The molecule has 2 aliphatic heterocycles. The summed E-state index contributed by atoms with van der Waals surface area (Å²) in [7, 11) is -4.25. The SMILES string of the molecule is Cc1ccc(C[C@H]2NC(=O)/C=C/C[C@@H]([C@H](C)[C@H]3O[C@@H]3c3ccc(CCC(=O)[C@H](C)CC(=O)[C@@H](NC(=O)CCN(CCC(=O)O)C(=O)CCC(=O)CCCS(=O)(=O)O)C(C)C)cc3)OC(=O)[C@H](CC(C)(C)C)NC(=O)C(C)(C)[C@H](C)NC2=O)cc1Cl. The number of rotatable bonds is 28. The van der Waals surface area contributed by atoms with Crippen molar-refractivity contribution in [3.05, 3.63) is 81.9 Å². The molecule has 1 fully saturated rings. The van der Waals surface area contributed by atoms with Crippen LogP contribution in [-0.4, -0.2) is 137 Å². The van der Waals surface area contributed by atoms with Crippen molar-refractivity contribution in [3.63, 3.8) is 0 Å². The normalized spacial score (nSPS) is 21.9. The van der Waals surface area contributed by atoms with Gasteiger partial charge in [-0.05, 0) is 92.7 Å². The van der Waals surface area contributed by atoms with E-state index in [4.69, 9.17) is 25.6 Å². The number of cyclic esters (lactones) is 1. The highest BCUT2D eigenvalue weighted by Gasteiger charge is 2.48. The number of nitrogens with one attached hydrogen (secondary N) is 4. The number of carboxylic acids is 1. The maximum absolute atomic E-state index is 14.2. The second kappa shape index (κ2) is 31.9. The standard InChI is InChI=1S/C62H88ClN5O16S/c1-36(2)55(67-52(73)27-29-68(30-28-54(75)76)53(74)26-24-44(69)14-13-31-85(80,81)82)49(71)32-38(4)48(70)25-21-41-19-22-43(23-20-41)57-56(84-57)39(5)50-15-12-16-51(72)65-46(34-42-18-17-37(3)45(63)33-42)58(77)64-40(6)62(10,11)60(79)66-47(59(78)83-50)35-61(7,8)9/h12,16-20,22-23,33,36,38-40,46-47,50,55-57H,13-15,21,24-32,34-35H2,1-11H3,(H,64,77)(H,65,72)(H,66,79)(H,67,73)(H,75,76)(H,80,81,82)/b16-12+/t38-,39+,40+,46-,47+,50+,55+,56-,57-/m1/s1. The van der Waals surface area contributed by atoms with Gasteiger partial charge in [-0.2, -0.15) is 8.42 Å². The monoisotopic (exact) mass is 1230 g/mol. The van der Waals surface area contributed by atoms with Gasteiger partial charge in [0, 0.05) is 87.4 Å². The first-order valence-electron chi connectivity index (χ1n) is 29.1. The van der Waals surface area contributed by atoms with Crippen LogP contribution in [0, 0.1) is 35.5 Å². The Morgan fingerprint density at radius 1 is 0.847 bits per heavy atom. The fourth-order valence-electron chi connectivity index (χ4n) is 9.79. The van der Waals surface area contributed by atoms with E-state index < -0.39 is 129 Å². The highest BCUT2D eigenvalue weighted by atomic mass is 35.5. The van der Waals surface area contributed by atoms with E-state index >= 15 is 0 Å². The lowest BCUT2D eigenvalue weighted by Crippen LogP contribution is -2.58. The summed E-state index contributed by atoms with van der Waals surface area (Å²) in [5.74, 6) is -7.57. The molecule has 0 unspecified atom stereocenters. The Morgan fingerprint density at radius 2 is 1.49 bits per heavy atom. The lowest BCUT2D eigenvalue weighted by atomic mass is 9.82. The Bertz CT molecular complexity index is 2880. The van der Waals surface area contributed by atoms with E-state index in [1.807, 2.05) is 71.0 Å². The number of esters is 1. The Balaban J connectivity index is 1.38. The van der Waals surface area contributed by atoms with Crippen LogP contribution in [0.4, 0.5) is 0 Å². The Morgan fingerprint density at radius 3 is 2.11 bits per heavy atom. The molecule has 23 heteroatoms. The molecule has 21 nitrogen and oxygen atoms in total. The lowest BCUT2D eigenvalue weighted by Gasteiger charge is -2.35. The summed E-state index contributed by atoms with van der Waals surface area (Å²) < 4.78 is 43.3. The molecule has 0 aromatic heterocycles. The zero-order chi connectivity index (χ0) is 63.7. The maximum atomic E-state index is 14.2. The third-order valence-corrected chi connectivity index (χ3v) is 16.9. The summed E-state index contributed by atoms with van der Waals surface area (Å²) in [6.07, 6.45) is 0.538. The van der Waals surface area contributed by atoms with Crippen LogP contribution in [0.1, 0.15) is 162 Å². The molecule has 470 valence electrons. The number of halogens is 1. The number of aryl methyl sites for hydroxylation is 2. The van der Waals surface area contributed by atoms with Crippen LogP contribution >= 0.6 is 11.6 Å². The number of Topliss-reactive ketones (excluding diaryl/α,β-unsaturated/α-hetero) is 3. The van der Waals surface area contributed by atoms with Gasteiger partial charge >= 0.3 is 11.9 Å². The number of epoxide rings is 1. The van der Waals surface area contributed by atoms with Crippen molar-refractivity contribution in [2.24, 2.45) is 28.6 Å². The molecule has 2 aromatic carbocycles. The number of carbonyl (C=O) groups excluding carboxylic acids is 9. The lowest BCUT2D eigenvalue weighted by molar-refractivity contribution is -0.157. The van der Waals surface area contributed by atoms with Crippen molar-refractivity contribution in [2.75, 3.05) is 18.8 Å². The minimum atomic E-state index is -4.25. The average Bonchev–Trinajstić information content (AvgIpc) is 3.90. The number of hydrogen-bond donors (Lipinski definition) is 6. The van der Waals surface area contributed by atoms with Gasteiger partial charge in [0.05, 0.1) is 29.7 Å². The predicted octanol–water partition coefficient (Wildman–Crippen LogP) is 6.72. The molecular weight excluding hydrogens is 1140 g/mol. The summed E-state index contributed by atoms with van der Waals surface area (Å²) in [5, 5.41) is 21.1. The quantitative estimate of drug-likeness (QED) is 0.0292. The second-order valence-electron chi connectivity index (χ2n) is 24.9. The number of nitrogens with zero attached hydrogens (tertiary/aromatic N) is 1. The van der Waals surface area contributed by atoms with Crippen molar-refractivity contribution in [1.29, 1.82) is 0 Å². The van der Waals surface area contributed by atoms with E-state index in [9.17, 15) is 61.5 Å². The van der Waals surface area contributed by atoms with Gasteiger partial charge in [0.25, 0.3) is 10.1 Å². The van der Waals surface area contributed by atoms with Crippen LogP contribution in [0.25, 0.3) is 0 Å². The fourth-order valence-corrected chi connectivity index (χ4v) is 10.5. The molecule has 6 N–H and O–H groups in total. The van der Waals surface area contributed by atoms with Gasteiger partial charge in [0.15, 0.2) is 5.78 Å². The highest BCUT2D eigenvalue weighted by molar-refractivity contribution is 7.85. The third-order valence-electron chi connectivity index (χ3n) is 15.7. The van der Waals surface area contributed by atoms with Gasteiger partial charge in [-0.25, -0.2) is 4.79 Å². The van der Waals surface area contributed by atoms with Gasteiger partial charge < -0.3 is 40.7 Å². The van der Waals surface area contributed by atoms with Crippen molar-refractivity contribution >= 4 is 80.5 Å². The number of benzene rings is 2. The molecule has 0 saturated carbocycles. The number of ether oxygens (including phenoxy) is 2. The molecule has 2 heterocycles. The Hall–Kier alpha value is -6.36. The Kier molecular flexibility index (Phi) is 26.7. The highest BCUT2D eigenvalue weighted by Crippen LogP contribution is 2.45. The van der Waals surface area contributed by atoms with Crippen molar-refractivity contribution in [2.45, 2.75) is 196 Å². The fraction of sp³-hybridized carbons (Fsp3) is 0.613. The van der Waals surface area contributed by atoms with E-state index in [-0.39, 0.29) is 101 Å². The number of amides is 5. The molecule has 0 radical (unpaired) electrons. The molecule has 4 rings (SSSR count). The summed E-state index contributed by atoms with van der Waals surface area (Å²) in [6, 6.07) is 9.18. The van der Waals surface area contributed by atoms with Crippen molar-refractivity contribution in [3.8, 4) is 0 Å². The van der Waals surface area contributed by atoms with E-state index in [1.54, 1.807) is 53.7 Å². The summed E-state index contributed by atoms with van der Waals surface area (Å²) in [6.45, 7) is 19.3. The van der Waals surface area contributed by atoms with Crippen LogP contribution < -0.4 is 21.3 Å². The molecule has 9 atom stereocenters. The minimum absolute atomic E-state index is 0.0995. The van der Waals surface area contributed by atoms with E-state index in [0.29, 0.717) is 17.0 Å². The van der Waals surface area contributed by atoms with Crippen LogP contribution in [-0.2, 0) is 80.4 Å². The summed E-state index contributed by atoms with van der Waals surface area (Å²) in [5.41, 5.74) is 1.63. The summed E-state index contributed by atoms with van der Waals surface area (Å²) in [4.78, 5) is 134. The van der Waals surface area contributed by atoms with Crippen LogP contribution in [0.2, 0.25) is 5.02 Å². The van der Waals surface area contributed by atoms with E-state index in [2.05, 4.69) is 21.3 Å². The molecular formula is C62H88ClN5O16S. The van der Waals surface area contributed by atoms with Gasteiger partial charge in [-0.3, -0.25) is 47.7 Å². The molecule has 85 heavy (non-hydrogen) atoms. The molecule has 0 aliphatic carbocycles. The number of ketones is 3. The van der Waals surface area contributed by atoms with E-state index in [0.717, 1.165) is 21.6 Å². The van der Waals surface area contributed by atoms with Crippen molar-refractivity contribution < 1.29 is 75.5 Å². The first-order valence-corrected chi connectivity index (χ1v) is 31.1. The zero-order valence-corrected chi connectivity index (χ0v) is 52.5. The molecule has 0 bridgehead atoms. The maximum Gasteiger partial charge on any atom is 0.328 e.